The molecule has 0 aliphatic carbocycles. The van der Waals surface area contributed by atoms with E-state index in [1.807, 2.05) is 0 Å². The Hall–Kier alpha value is -1.94. The highest BCUT2D eigenvalue weighted by Crippen LogP contribution is 2.45. The van der Waals surface area contributed by atoms with Crippen molar-refractivity contribution < 1.29 is 80.2 Å². The van der Waals surface area contributed by atoms with Crippen LogP contribution in [-0.4, -0.2) is 96.7 Å². The van der Waals surface area contributed by atoms with Crippen LogP contribution in [0.3, 0.4) is 0 Å². The van der Waals surface area contributed by atoms with Gasteiger partial charge in [-0.15, -0.1) is 0 Å². The van der Waals surface area contributed by atoms with Gasteiger partial charge >= 0.3 is 39.5 Å². The molecule has 0 saturated heterocycles. The summed E-state index contributed by atoms with van der Waals surface area (Å²) < 4.78 is 68.0. The number of carbonyl (C=O) groups is 4. The molecule has 0 aliphatic rings. The highest BCUT2D eigenvalue weighted by molar-refractivity contribution is 7.47. The number of esters is 4. The molecule has 504 valence electrons. The van der Waals surface area contributed by atoms with E-state index in [4.69, 9.17) is 37.0 Å². The summed E-state index contributed by atoms with van der Waals surface area (Å²) in [6.07, 6.45) is 44.4. The van der Waals surface area contributed by atoms with Gasteiger partial charge in [0.1, 0.15) is 19.3 Å². The number of ether oxygens (including phenoxy) is 4. The average Bonchev–Trinajstić information content (AvgIpc) is 3.59. The highest BCUT2D eigenvalue weighted by Gasteiger charge is 2.30. The molecule has 0 saturated carbocycles. The van der Waals surface area contributed by atoms with Gasteiger partial charge in [-0.25, -0.2) is 9.13 Å². The number of phosphoric acid groups is 2. The molecule has 5 atom stereocenters. The van der Waals surface area contributed by atoms with Gasteiger partial charge in [-0.3, -0.25) is 37.3 Å². The second-order valence-electron chi connectivity index (χ2n) is 24.3. The predicted molar refractivity (Wildman–Crippen MR) is 340 cm³/mol. The SMILES string of the molecule is CCCCCCCCCCCCCCCC(=O)OC[C@H](COP(=O)(O)OC[C@@H](O)COP(=O)(O)OC[C@@H](COC(=O)CCCCCCCCC)OC(=O)CCCCCCCCCCCCC)OC(=O)CCCCCCCCCCCCCC(C)C. The average molecular weight is 1260 g/mol. The largest absolute Gasteiger partial charge is 0.472 e. The zero-order valence-electron chi connectivity index (χ0n) is 54.7. The lowest BCUT2D eigenvalue weighted by Gasteiger charge is -2.21. The molecule has 19 heteroatoms. The second kappa shape index (κ2) is 59.7. The molecule has 0 aromatic rings. The second-order valence-corrected chi connectivity index (χ2v) is 27.2. The van der Waals surface area contributed by atoms with Crippen LogP contribution in [0.1, 0.15) is 336 Å². The Balaban J connectivity index is 5.21. The summed E-state index contributed by atoms with van der Waals surface area (Å²) >= 11 is 0. The minimum Gasteiger partial charge on any atom is -0.462 e. The minimum atomic E-state index is -4.95. The van der Waals surface area contributed by atoms with Gasteiger partial charge in [0.15, 0.2) is 12.2 Å². The van der Waals surface area contributed by atoms with Crippen LogP contribution < -0.4 is 0 Å². The molecule has 0 aromatic carbocycles. The van der Waals surface area contributed by atoms with E-state index >= 15 is 0 Å². The molecule has 3 N–H and O–H groups in total. The third-order valence-corrected chi connectivity index (χ3v) is 17.2. The number of aliphatic hydroxyl groups excluding tert-OH is 1. The number of rotatable bonds is 66. The van der Waals surface area contributed by atoms with Gasteiger partial charge in [0, 0.05) is 25.7 Å². The summed E-state index contributed by atoms with van der Waals surface area (Å²) in [6, 6.07) is 0. The van der Waals surface area contributed by atoms with Crippen LogP contribution in [-0.2, 0) is 65.4 Å². The molecule has 17 nitrogen and oxygen atoms in total. The van der Waals surface area contributed by atoms with E-state index in [0.717, 1.165) is 109 Å². The van der Waals surface area contributed by atoms with Crippen LogP contribution in [0.15, 0.2) is 0 Å². The summed E-state index contributed by atoms with van der Waals surface area (Å²) in [7, 11) is -9.89. The molecule has 0 bridgehead atoms. The topological polar surface area (TPSA) is 237 Å². The van der Waals surface area contributed by atoms with E-state index in [1.165, 1.54) is 148 Å². The fourth-order valence-corrected chi connectivity index (χ4v) is 11.5. The maximum absolute atomic E-state index is 13.0. The first-order valence-corrected chi connectivity index (χ1v) is 37.6. The minimum absolute atomic E-state index is 0.107. The third-order valence-electron chi connectivity index (χ3n) is 15.3. The van der Waals surface area contributed by atoms with Crippen LogP contribution in [0.2, 0.25) is 0 Å². The van der Waals surface area contributed by atoms with E-state index in [0.29, 0.717) is 25.7 Å². The fraction of sp³-hybridized carbons (Fsp3) is 0.939. The van der Waals surface area contributed by atoms with Gasteiger partial charge in [0.25, 0.3) is 0 Å². The van der Waals surface area contributed by atoms with Crippen molar-refractivity contribution in [2.45, 2.75) is 355 Å². The molecule has 2 unspecified atom stereocenters. The summed E-state index contributed by atoms with van der Waals surface area (Å²) in [5.41, 5.74) is 0. The van der Waals surface area contributed by atoms with Crippen molar-refractivity contribution in [3.05, 3.63) is 0 Å². The molecule has 0 radical (unpaired) electrons. The van der Waals surface area contributed by atoms with Crippen LogP contribution in [0, 0.1) is 5.92 Å². The van der Waals surface area contributed by atoms with Crippen molar-refractivity contribution in [2.75, 3.05) is 39.6 Å². The van der Waals surface area contributed by atoms with Gasteiger partial charge in [-0.2, -0.15) is 0 Å². The van der Waals surface area contributed by atoms with E-state index in [2.05, 4.69) is 34.6 Å². The molecule has 0 heterocycles. The first-order chi connectivity index (χ1) is 41.0. The van der Waals surface area contributed by atoms with E-state index in [9.17, 15) is 43.2 Å². The quantitative estimate of drug-likeness (QED) is 0.0222. The predicted octanol–water partition coefficient (Wildman–Crippen LogP) is 18.6. The lowest BCUT2D eigenvalue weighted by Crippen LogP contribution is -2.30. The number of aliphatic hydroxyl groups is 1. The van der Waals surface area contributed by atoms with Gasteiger partial charge in [0.05, 0.1) is 26.4 Å². The molecule has 0 fully saturated rings. The normalized spacial score (nSPS) is 14.2. The lowest BCUT2D eigenvalue weighted by molar-refractivity contribution is -0.161. The number of hydrogen-bond donors (Lipinski definition) is 3. The van der Waals surface area contributed by atoms with Gasteiger partial charge in [-0.05, 0) is 31.6 Å². The Morgan fingerprint density at radius 2 is 0.541 bits per heavy atom. The molecular formula is C66H128O17P2. The number of carbonyl (C=O) groups excluding carboxylic acids is 4. The van der Waals surface area contributed by atoms with Gasteiger partial charge in [-0.1, -0.05) is 285 Å². The van der Waals surface area contributed by atoms with Crippen molar-refractivity contribution in [3.8, 4) is 0 Å². The van der Waals surface area contributed by atoms with Crippen molar-refractivity contribution in [1.82, 2.24) is 0 Å². The Labute approximate surface area is 517 Å². The molecule has 0 aromatic heterocycles. The van der Waals surface area contributed by atoms with Crippen LogP contribution in [0.4, 0.5) is 0 Å². The number of hydrogen-bond acceptors (Lipinski definition) is 15. The van der Waals surface area contributed by atoms with Crippen molar-refractivity contribution in [1.29, 1.82) is 0 Å². The number of phosphoric ester groups is 2. The lowest BCUT2D eigenvalue weighted by atomic mass is 10.0. The van der Waals surface area contributed by atoms with Gasteiger partial charge in [0.2, 0.25) is 0 Å². The Morgan fingerprint density at radius 3 is 0.800 bits per heavy atom. The fourth-order valence-electron chi connectivity index (χ4n) is 9.94. The number of unbranched alkanes of at least 4 members (excludes halogenated alkanes) is 38. The third kappa shape index (κ3) is 60.7. The van der Waals surface area contributed by atoms with Crippen LogP contribution >= 0.6 is 15.6 Å². The zero-order valence-corrected chi connectivity index (χ0v) is 56.5. The maximum atomic E-state index is 13.0. The monoisotopic (exact) mass is 1250 g/mol. The van der Waals surface area contributed by atoms with E-state index in [-0.39, 0.29) is 25.7 Å². The van der Waals surface area contributed by atoms with E-state index in [1.54, 1.807) is 0 Å². The van der Waals surface area contributed by atoms with Crippen molar-refractivity contribution >= 4 is 39.5 Å². The standard InChI is InChI=1S/C66H128O17P2/c1-6-9-12-15-18-20-22-23-27-30-35-40-45-50-64(69)77-56-62(83-66(71)52-47-42-37-32-28-24-26-29-34-38-43-48-59(4)5)58-81-85(74,75)79-54-60(67)53-78-84(72,73)80-57-61(55-76-63(68)49-44-39-33-17-14-11-8-3)82-65(70)51-46-41-36-31-25-21-19-16-13-10-7-2/h59-62,67H,6-58H2,1-5H3,(H,72,73)(H,74,75)/t60-,61+,62+/m0/s1. The Morgan fingerprint density at radius 1 is 0.318 bits per heavy atom. The molecule has 85 heavy (non-hydrogen) atoms. The summed E-state index contributed by atoms with van der Waals surface area (Å²) in [5.74, 6) is -1.37. The molecule has 0 rings (SSSR count). The molecule has 0 spiro atoms. The molecule has 0 aliphatic heterocycles. The van der Waals surface area contributed by atoms with E-state index < -0.39 is 97.5 Å². The first kappa shape index (κ1) is 83.1. The van der Waals surface area contributed by atoms with Crippen molar-refractivity contribution in [3.63, 3.8) is 0 Å². The van der Waals surface area contributed by atoms with Gasteiger partial charge < -0.3 is 33.8 Å². The Kier molecular flexibility index (Phi) is 58.3. The van der Waals surface area contributed by atoms with Crippen LogP contribution in [0.5, 0.6) is 0 Å². The smallest absolute Gasteiger partial charge is 0.462 e. The molecule has 0 amide bonds. The summed E-state index contributed by atoms with van der Waals surface area (Å²) in [6.45, 7) is 7.18. The highest BCUT2D eigenvalue weighted by atomic mass is 31.2. The maximum Gasteiger partial charge on any atom is 0.472 e. The first-order valence-electron chi connectivity index (χ1n) is 34.6. The summed E-state index contributed by atoms with van der Waals surface area (Å²) in [5, 5.41) is 10.5. The Bertz CT molecular complexity index is 1650. The van der Waals surface area contributed by atoms with Crippen LogP contribution in [0.25, 0.3) is 0 Å². The van der Waals surface area contributed by atoms with Crippen molar-refractivity contribution in [2.24, 2.45) is 5.92 Å². The molecular weight excluding hydrogens is 1130 g/mol. The summed E-state index contributed by atoms with van der Waals surface area (Å²) in [4.78, 5) is 72.2. The zero-order chi connectivity index (χ0) is 62.8.